The molecule has 0 bridgehead atoms. The van der Waals surface area contributed by atoms with Gasteiger partial charge in [0.05, 0.1) is 18.7 Å². The third-order valence-corrected chi connectivity index (χ3v) is 4.73. The Bertz CT molecular complexity index is 761. The zero-order valence-corrected chi connectivity index (χ0v) is 14.3. The minimum absolute atomic E-state index is 0.159. The second kappa shape index (κ2) is 7.16. The summed E-state index contributed by atoms with van der Waals surface area (Å²) < 4.78 is 0. The van der Waals surface area contributed by atoms with Crippen molar-refractivity contribution in [2.75, 3.05) is 11.4 Å². The lowest BCUT2D eigenvalue weighted by atomic mass is 10.1. The van der Waals surface area contributed by atoms with Crippen LogP contribution >= 0.6 is 11.6 Å². The van der Waals surface area contributed by atoms with Gasteiger partial charge in [-0.15, -0.1) is 0 Å². The van der Waals surface area contributed by atoms with Crippen molar-refractivity contribution < 1.29 is 14.9 Å². The first-order chi connectivity index (χ1) is 11.6. The number of halogens is 1. The first kappa shape index (κ1) is 16.7. The van der Waals surface area contributed by atoms with Gasteiger partial charge in [-0.1, -0.05) is 48.0 Å². The van der Waals surface area contributed by atoms with Crippen LogP contribution in [0.5, 0.6) is 0 Å². The smallest absolute Gasteiger partial charge is 0.292 e. The lowest BCUT2D eigenvalue weighted by Crippen LogP contribution is -2.92. The van der Waals surface area contributed by atoms with Crippen molar-refractivity contribution in [1.29, 1.82) is 0 Å². The predicted octanol–water partition coefficient (Wildman–Crippen LogP) is 2.09. The molecule has 3 rings (SSSR count). The minimum Gasteiger partial charge on any atom is -0.335 e. The van der Waals surface area contributed by atoms with E-state index in [2.05, 4.69) is 12.1 Å². The number of carbonyl (C=O) groups is 2. The van der Waals surface area contributed by atoms with Crippen molar-refractivity contribution >= 4 is 29.1 Å². The van der Waals surface area contributed by atoms with E-state index in [0.717, 1.165) is 18.5 Å². The highest BCUT2D eigenvalue weighted by Gasteiger charge is 2.42. The van der Waals surface area contributed by atoms with Gasteiger partial charge in [-0.2, -0.15) is 0 Å². The van der Waals surface area contributed by atoms with E-state index in [1.54, 1.807) is 12.1 Å². The quantitative estimate of drug-likeness (QED) is 0.845. The van der Waals surface area contributed by atoms with Crippen LogP contribution in [0.1, 0.15) is 17.5 Å². The number of imide groups is 1. The molecular formula is C19H20ClN2O2+. The van der Waals surface area contributed by atoms with Crippen LogP contribution in [0.3, 0.4) is 0 Å². The highest BCUT2D eigenvalue weighted by atomic mass is 35.5. The van der Waals surface area contributed by atoms with Gasteiger partial charge in [0, 0.05) is 11.4 Å². The summed E-state index contributed by atoms with van der Waals surface area (Å²) in [4.78, 5) is 26.1. The van der Waals surface area contributed by atoms with Crippen LogP contribution in [-0.4, -0.2) is 24.4 Å². The van der Waals surface area contributed by atoms with Crippen LogP contribution in [0.2, 0.25) is 5.02 Å². The van der Waals surface area contributed by atoms with Crippen LogP contribution in [0, 0.1) is 6.92 Å². The van der Waals surface area contributed by atoms with Crippen molar-refractivity contribution in [1.82, 2.24) is 0 Å². The molecule has 0 aromatic heterocycles. The van der Waals surface area contributed by atoms with Crippen molar-refractivity contribution in [3.05, 3.63) is 64.7 Å². The molecule has 0 aliphatic carbocycles. The average Bonchev–Trinajstić information content (AvgIpc) is 2.85. The minimum atomic E-state index is -0.346. The second-order valence-electron chi connectivity index (χ2n) is 6.07. The first-order valence-electron chi connectivity index (χ1n) is 8.06. The summed E-state index contributed by atoms with van der Waals surface area (Å²) in [5, 5.41) is 2.52. The molecule has 124 valence electrons. The van der Waals surface area contributed by atoms with Gasteiger partial charge in [0.15, 0.2) is 6.04 Å². The Balaban J connectivity index is 1.64. The average molecular weight is 344 g/mol. The van der Waals surface area contributed by atoms with Gasteiger partial charge in [0.1, 0.15) is 0 Å². The Morgan fingerprint density at radius 1 is 1.17 bits per heavy atom. The van der Waals surface area contributed by atoms with Gasteiger partial charge in [-0.25, -0.2) is 4.90 Å². The molecule has 0 spiro atoms. The Morgan fingerprint density at radius 3 is 2.62 bits per heavy atom. The molecule has 2 amide bonds. The van der Waals surface area contributed by atoms with Gasteiger partial charge >= 0.3 is 0 Å². The maximum absolute atomic E-state index is 12.6. The van der Waals surface area contributed by atoms with E-state index in [4.69, 9.17) is 11.6 Å². The fraction of sp³-hybridized carbons (Fsp3) is 0.263. The van der Waals surface area contributed by atoms with E-state index in [0.29, 0.717) is 10.7 Å². The molecule has 1 aliphatic heterocycles. The molecule has 1 saturated heterocycles. The van der Waals surface area contributed by atoms with Crippen molar-refractivity contribution in [3.63, 3.8) is 0 Å². The molecule has 0 unspecified atom stereocenters. The number of aryl methyl sites for hydroxylation is 1. The molecule has 1 heterocycles. The molecular weight excluding hydrogens is 324 g/mol. The highest BCUT2D eigenvalue weighted by molar-refractivity contribution is 6.32. The number of nitrogens with zero attached hydrogens (tertiary/aromatic N) is 1. The summed E-state index contributed by atoms with van der Waals surface area (Å²) in [6.45, 7) is 2.66. The van der Waals surface area contributed by atoms with E-state index >= 15 is 0 Å². The Morgan fingerprint density at radius 2 is 1.92 bits per heavy atom. The lowest BCUT2D eigenvalue weighted by molar-refractivity contribution is -0.674. The van der Waals surface area contributed by atoms with Gasteiger partial charge in [-0.3, -0.25) is 9.59 Å². The SMILES string of the molecule is Cc1ccc(N2C(=O)C[C@H]([NH2+]CCc3ccccc3)C2=O)cc1Cl. The molecule has 0 saturated carbocycles. The third kappa shape index (κ3) is 3.50. The second-order valence-corrected chi connectivity index (χ2v) is 6.48. The van der Waals surface area contributed by atoms with E-state index in [-0.39, 0.29) is 24.3 Å². The maximum Gasteiger partial charge on any atom is 0.292 e. The maximum atomic E-state index is 12.6. The van der Waals surface area contributed by atoms with E-state index in [9.17, 15) is 9.59 Å². The molecule has 0 radical (unpaired) electrons. The lowest BCUT2D eigenvalue weighted by Gasteiger charge is -2.15. The number of nitrogens with two attached hydrogens (primary N) is 1. The third-order valence-electron chi connectivity index (χ3n) is 4.32. The normalized spacial score (nSPS) is 17.6. The fourth-order valence-electron chi connectivity index (χ4n) is 2.93. The number of carbonyl (C=O) groups excluding carboxylic acids is 2. The molecule has 2 aromatic rings. The number of benzene rings is 2. The zero-order valence-electron chi connectivity index (χ0n) is 13.5. The largest absolute Gasteiger partial charge is 0.335 e. The number of hydrogen-bond donors (Lipinski definition) is 1. The van der Waals surface area contributed by atoms with Gasteiger partial charge in [0.25, 0.3) is 5.91 Å². The standard InChI is InChI=1S/C19H19ClN2O2/c1-13-7-8-15(11-16(13)20)22-18(23)12-17(19(22)24)21-10-9-14-5-3-2-4-6-14/h2-8,11,17,21H,9-10,12H2,1H3/p+1/t17-/m0/s1. The van der Waals surface area contributed by atoms with Crippen molar-refractivity contribution in [3.8, 4) is 0 Å². The monoisotopic (exact) mass is 343 g/mol. The van der Waals surface area contributed by atoms with Gasteiger partial charge < -0.3 is 5.32 Å². The summed E-state index contributed by atoms with van der Waals surface area (Å²) in [5.41, 5.74) is 2.71. The molecule has 1 fully saturated rings. The summed E-state index contributed by atoms with van der Waals surface area (Å²) in [6, 6.07) is 15.0. The number of amides is 2. The highest BCUT2D eigenvalue weighted by Crippen LogP contribution is 2.26. The van der Waals surface area contributed by atoms with Crippen LogP contribution in [0.4, 0.5) is 5.69 Å². The predicted molar refractivity (Wildman–Crippen MR) is 94.0 cm³/mol. The van der Waals surface area contributed by atoms with E-state index in [1.807, 2.05) is 36.5 Å². The molecule has 2 aromatic carbocycles. The van der Waals surface area contributed by atoms with Crippen LogP contribution in [0.15, 0.2) is 48.5 Å². The molecule has 1 aliphatic rings. The summed E-state index contributed by atoms with van der Waals surface area (Å²) in [6.07, 6.45) is 1.11. The molecule has 1 atom stereocenters. The van der Waals surface area contributed by atoms with Crippen LogP contribution < -0.4 is 10.2 Å². The van der Waals surface area contributed by atoms with Gasteiger partial charge in [0.2, 0.25) is 5.91 Å². The topological polar surface area (TPSA) is 54.0 Å². The number of quaternary nitrogens is 1. The first-order valence-corrected chi connectivity index (χ1v) is 8.44. The molecule has 2 N–H and O–H groups in total. The molecule has 4 nitrogen and oxygen atoms in total. The Labute approximate surface area is 146 Å². The van der Waals surface area contributed by atoms with Crippen LogP contribution in [-0.2, 0) is 16.0 Å². The number of hydrogen-bond acceptors (Lipinski definition) is 2. The Hall–Kier alpha value is -2.17. The van der Waals surface area contributed by atoms with Gasteiger partial charge in [-0.05, 0) is 30.2 Å². The van der Waals surface area contributed by atoms with E-state index in [1.165, 1.54) is 10.5 Å². The Kier molecular flexibility index (Phi) is 4.97. The van der Waals surface area contributed by atoms with Crippen molar-refractivity contribution in [2.24, 2.45) is 0 Å². The zero-order chi connectivity index (χ0) is 17.1. The summed E-state index contributed by atoms with van der Waals surface area (Å²) >= 11 is 6.12. The summed E-state index contributed by atoms with van der Waals surface area (Å²) in [7, 11) is 0. The number of rotatable bonds is 5. The van der Waals surface area contributed by atoms with Crippen LogP contribution in [0.25, 0.3) is 0 Å². The van der Waals surface area contributed by atoms with Crippen molar-refractivity contribution in [2.45, 2.75) is 25.8 Å². The molecule has 24 heavy (non-hydrogen) atoms. The number of anilines is 1. The fourth-order valence-corrected chi connectivity index (χ4v) is 3.10. The van der Waals surface area contributed by atoms with E-state index < -0.39 is 0 Å². The summed E-state index contributed by atoms with van der Waals surface area (Å²) in [5.74, 6) is -0.325. The molecule has 5 heteroatoms.